The molecular weight excluding hydrogens is 366 g/mol. The highest BCUT2D eigenvalue weighted by atomic mass is 16.6. The summed E-state index contributed by atoms with van der Waals surface area (Å²) in [5.41, 5.74) is 2.60. The predicted molar refractivity (Wildman–Crippen MR) is 98.5 cm³/mol. The van der Waals surface area contributed by atoms with E-state index in [4.69, 9.17) is 4.74 Å². The Kier molecular flexibility index (Phi) is 4.85. The van der Waals surface area contributed by atoms with E-state index in [-0.39, 0.29) is 5.75 Å². The summed E-state index contributed by atoms with van der Waals surface area (Å²) in [6, 6.07) is 5.33. The minimum Gasteiger partial charge on any atom is -0.508 e. The minimum atomic E-state index is -1.23. The number of imidazole rings is 1. The zero-order valence-electron chi connectivity index (χ0n) is 15.1. The number of aromatic hydroxyl groups is 1. The number of phenols is 1. The summed E-state index contributed by atoms with van der Waals surface area (Å²) in [5.74, 6) is 0.636. The summed E-state index contributed by atoms with van der Waals surface area (Å²) in [4.78, 5) is 12.7. The zero-order valence-corrected chi connectivity index (χ0v) is 15.1. The van der Waals surface area contributed by atoms with Gasteiger partial charge in [-0.15, -0.1) is 0 Å². The fourth-order valence-electron chi connectivity index (χ4n) is 3.31. The molecule has 1 aliphatic heterocycles. The average molecular weight is 387 g/mol. The van der Waals surface area contributed by atoms with Gasteiger partial charge in [-0.3, -0.25) is 4.57 Å². The van der Waals surface area contributed by atoms with Gasteiger partial charge in [0.2, 0.25) is 0 Å². The van der Waals surface area contributed by atoms with E-state index < -0.39 is 31.1 Å². The SMILES string of the molecule is Cc1ccc(O)c(CNc2ncnc3c2ncn3C2O[C@H](CO)[C@@H](O)[C@H]2O)c1. The third-order valence-corrected chi connectivity index (χ3v) is 4.83. The molecule has 1 aromatic carbocycles. The Morgan fingerprint density at radius 2 is 2.00 bits per heavy atom. The van der Waals surface area contributed by atoms with Crippen LogP contribution in [0.1, 0.15) is 17.4 Å². The maximum absolute atomic E-state index is 10.2. The Labute approximate surface area is 160 Å². The van der Waals surface area contributed by atoms with E-state index in [9.17, 15) is 20.4 Å². The van der Waals surface area contributed by atoms with Gasteiger partial charge < -0.3 is 30.5 Å². The van der Waals surface area contributed by atoms with Crippen molar-refractivity contribution in [3.05, 3.63) is 42.0 Å². The number of fused-ring (bicyclic) bond motifs is 1. The van der Waals surface area contributed by atoms with Crippen molar-refractivity contribution < 1.29 is 25.2 Å². The molecule has 1 saturated heterocycles. The molecule has 3 heterocycles. The van der Waals surface area contributed by atoms with E-state index >= 15 is 0 Å². The van der Waals surface area contributed by atoms with Crippen LogP contribution in [0.25, 0.3) is 11.2 Å². The van der Waals surface area contributed by atoms with Crippen molar-refractivity contribution >= 4 is 17.0 Å². The van der Waals surface area contributed by atoms with Crippen molar-refractivity contribution in [1.29, 1.82) is 0 Å². The molecule has 3 aromatic rings. The van der Waals surface area contributed by atoms with Gasteiger partial charge in [-0.1, -0.05) is 17.7 Å². The van der Waals surface area contributed by atoms with Crippen LogP contribution in [0.2, 0.25) is 0 Å². The first kappa shape index (κ1) is 18.6. The number of hydrogen-bond acceptors (Lipinski definition) is 9. The van der Waals surface area contributed by atoms with Crippen LogP contribution in [0.4, 0.5) is 5.82 Å². The van der Waals surface area contributed by atoms with Gasteiger partial charge in [-0.25, -0.2) is 15.0 Å². The first-order valence-electron chi connectivity index (χ1n) is 8.82. The summed E-state index contributed by atoms with van der Waals surface area (Å²) in [6.07, 6.45) is -1.47. The molecule has 4 rings (SSSR count). The number of aromatic nitrogens is 4. The summed E-state index contributed by atoms with van der Waals surface area (Å²) < 4.78 is 7.04. The first-order valence-corrected chi connectivity index (χ1v) is 8.82. The molecule has 0 amide bonds. The molecule has 0 spiro atoms. The molecule has 1 unspecified atom stereocenters. The van der Waals surface area contributed by atoms with E-state index in [1.165, 1.54) is 17.2 Å². The van der Waals surface area contributed by atoms with E-state index in [1.54, 1.807) is 6.07 Å². The molecule has 0 bridgehead atoms. The molecule has 4 atom stereocenters. The highest BCUT2D eigenvalue weighted by Gasteiger charge is 2.44. The number of nitrogens with one attached hydrogen (secondary N) is 1. The fraction of sp³-hybridized carbons (Fsp3) is 0.389. The quantitative estimate of drug-likeness (QED) is 0.410. The van der Waals surface area contributed by atoms with Crippen LogP contribution >= 0.6 is 0 Å². The molecule has 0 saturated carbocycles. The number of hydrogen-bond donors (Lipinski definition) is 5. The number of anilines is 1. The van der Waals surface area contributed by atoms with Crippen molar-refractivity contribution in [2.75, 3.05) is 11.9 Å². The van der Waals surface area contributed by atoms with Crippen molar-refractivity contribution in [1.82, 2.24) is 19.5 Å². The second kappa shape index (κ2) is 7.32. The molecule has 1 fully saturated rings. The zero-order chi connectivity index (χ0) is 19.8. The number of rotatable bonds is 5. The number of benzene rings is 1. The molecule has 10 heteroatoms. The Bertz CT molecular complexity index is 994. The summed E-state index contributed by atoms with van der Waals surface area (Å²) in [6.45, 7) is 1.86. The second-order valence-corrected chi connectivity index (χ2v) is 6.76. The van der Waals surface area contributed by atoms with E-state index in [0.717, 1.165) is 11.1 Å². The predicted octanol–water partition coefficient (Wildman–Crippen LogP) is 0.0639. The van der Waals surface area contributed by atoms with Gasteiger partial charge >= 0.3 is 0 Å². The number of nitrogens with zero attached hydrogens (tertiary/aromatic N) is 4. The maximum Gasteiger partial charge on any atom is 0.167 e. The lowest BCUT2D eigenvalue weighted by molar-refractivity contribution is -0.0511. The number of ether oxygens (including phenoxy) is 1. The van der Waals surface area contributed by atoms with Crippen LogP contribution in [0.3, 0.4) is 0 Å². The lowest BCUT2D eigenvalue weighted by atomic mass is 10.1. The normalized spacial score (nSPS) is 24.7. The minimum absolute atomic E-state index is 0.181. The van der Waals surface area contributed by atoms with Crippen LogP contribution < -0.4 is 5.32 Å². The summed E-state index contributed by atoms with van der Waals surface area (Å²) in [5, 5.41) is 42.6. The Hall–Kier alpha value is -2.79. The molecular formula is C18H21N5O5. The third-order valence-electron chi connectivity index (χ3n) is 4.83. The smallest absolute Gasteiger partial charge is 0.167 e. The Morgan fingerprint density at radius 1 is 1.18 bits per heavy atom. The molecule has 5 N–H and O–H groups in total. The van der Waals surface area contributed by atoms with Crippen LogP contribution in [-0.4, -0.2) is 64.9 Å². The average Bonchev–Trinajstić information content (AvgIpc) is 3.24. The standard InChI is InChI=1S/C18H21N5O5/c1-9-2-3-11(25)10(4-9)5-19-16-13-17(21-7-20-16)23(8-22-13)18-15(27)14(26)12(6-24)28-18/h2-4,7-8,12,14-15,18,24-27H,5-6H2,1H3,(H,19,20,21)/t12-,14-,15-,18?/m1/s1. The van der Waals surface area contributed by atoms with Gasteiger partial charge in [0.05, 0.1) is 12.9 Å². The lowest BCUT2D eigenvalue weighted by Crippen LogP contribution is -2.33. The van der Waals surface area contributed by atoms with Crippen molar-refractivity contribution in [2.45, 2.75) is 38.0 Å². The Balaban J connectivity index is 1.61. The van der Waals surface area contributed by atoms with E-state index in [2.05, 4.69) is 20.3 Å². The van der Waals surface area contributed by atoms with E-state index in [0.29, 0.717) is 23.5 Å². The van der Waals surface area contributed by atoms with Gasteiger partial charge in [0, 0.05) is 12.1 Å². The third kappa shape index (κ3) is 3.16. The van der Waals surface area contributed by atoms with Crippen LogP contribution in [0.5, 0.6) is 5.75 Å². The van der Waals surface area contributed by atoms with Crippen LogP contribution in [0, 0.1) is 6.92 Å². The van der Waals surface area contributed by atoms with Crippen molar-refractivity contribution in [3.8, 4) is 5.75 Å². The number of aryl methyl sites for hydroxylation is 1. The van der Waals surface area contributed by atoms with Crippen molar-refractivity contribution in [2.24, 2.45) is 0 Å². The van der Waals surface area contributed by atoms with Gasteiger partial charge in [-0.05, 0) is 13.0 Å². The first-order chi connectivity index (χ1) is 13.5. The number of aliphatic hydroxyl groups is 3. The van der Waals surface area contributed by atoms with Gasteiger partial charge in [0.25, 0.3) is 0 Å². The van der Waals surface area contributed by atoms with Crippen LogP contribution in [0.15, 0.2) is 30.9 Å². The largest absolute Gasteiger partial charge is 0.508 e. The highest BCUT2D eigenvalue weighted by molar-refractivity contribution is 5.82. The van der Waals surface area contributed by atoms with Crippen molar-refractivity contribution in [3.63, 3.8) is 0 Å². The van der Waals surface area contributed by atoms with Crippen LogP contribution in [-0.2, 0) is 11.3 Å². The monoisotopic (exact) mass is 387 g/mol. The molecule has 1 aliphatic rings. The lowest BCUT2D eigenvalue weighted by Gasteiger charge is -2.16. The topological polar surface area (TPSA) is 146 Å². The molecule has 148 valence electrons. The maximum atomic E-state index is 10.2. The Morgan fingerprint density at radius 3 is 2.75 bits per heavy atom. The molecule has 0 radical (unpaired) electrons. The number of phenolic OH excluding ortho intramolecular Hbond substituents is 1. The number of aliphatic hydroxyl groups excluding tert-OH is 3. The van der Waals surface area contributed by atoms with E-state index in [1.807, 2.05) is 19.1 Å². The van der Waals surface area contributed by atoms with Gasteiger partial charge in [-0.2, -0.15) is 0 Å². The molecule has 28 heavy (non-hydrogen) atoms. The fourth-order valence-corrected chi connectivity index (χ4v) is 3.31. The summed E-state index contributed by atoms with van der Waals surface area (Å²) >= 11 is 0. The second-order valence-electron chi connectivity index (χ2n) is 6.76. The highest BCUT2D eigenvalue weighted by Crippen LogP contribution is 2.32. The van der Waals surface area contributed by atoms with Gasteiger partial charge in [0.15, 0.2) is 23.2 Å². The molecule has 0 aliphatic carbocycles. The molecule has 2 aromatic heterocycles. The summed E-state index contributed by atoms with van der Waals surface area (Å²) in [7, 11) is 0. The van der Waals surface area contributed by atoms with Gasteiger partial charge in [0.1, 0.15) is 30.4 Å². The molecule has 10 nitrogen and oxygen atoms in total.